The van der Waals surface area contributed by atoms with Crippen LogP contribution in [0.1, 0.15) is 24.6 Å². The molecular formula is C13H15FN4. The van der Waals surface area contributed by atoms with E-state index in [0.29, 0.717) is 5.52 Å². The number of hydrogen-bond donors (Lipinski definition) is 1. The van der Waals surface area contributed by atoms with Crippen molar-refractivity contribution in [2.75, 3.05) is 19.3 Å². The van der Waals surface area contributed by atoms with Crippen LogP contribution in [0.3, 0.4) is 0 Å². The van der Waals surface area contributed by atoms with Crippen molar-refractivity contribution in [3.8, 4) is 0 Å². The van der Waals surface area contributed by atoms with Crippen LogP contribution in [0.2, 0.25) is 0 Å². The zero-order valence-corrected chi connectivity index (χ0v) is 10.2. The van der Waals surface area contributed by atoms with Crippen molar-refractivity contribution in [3.05, 3.63) is 29.7 Å². The molecule has 1 aromatic carbocycles. The number of nitrogens with two attached hydrogens (primary N) is 1. The van der Waals surface area contributed by atoms with Gasteiger partial charge in [0.05, 0.1) is 11.7 Å². The lowest BCUT2D eigenvalue weighted by Crippen LogP contribution is -2.19. The average Bonchev–Trinajstić information content (AvgIpc) is 2.76. The summed E-state index contributed by atoms with van der Waals surface area (Å²) in [4.78, 5) is 10.6. The summed E-state index contributed by atoms with van der Waals surface area (Å²) >= 11 is 0. The van der Waals surface area contributed by atoms with Gasteiger partial charge in [0.25, 0.3) is 0 Å². The number of fused-ring (bicyclic) bond motifs is 1. The third-order valence-corrected chi connectivity index (χ3v) is 3.56. The molecule has 0 amide bonds. The van der Waals surface area contributed by atoms with Crippen molar-refractivity contribution in [2.24, 2.45) is 0 Å². The van der Waals surface area contributed by atoms with E-state index in [1.165, 1.54) is 6.07 Å². The lowest BCUT2D eigenvalue weighted by Gasteiger charge is -2.20. The molecule has 4 nitrogen and oxygen atoms in total. The number of nitrogens with zero attached hydrogens (tertiary/aromatic N) is 3. The van der Waals surface area contributed by atoms with E-state index in [1.807, 2.05) is 6.07 Å². The Balaban J connectivity index is 2.25. The molecule has 0 bridgehead atoms. The lowest BCUT2D eigenvalue weighted by molar-refractivity contribution is 0.314. The van der Waals surface area contributed by atoms with E-state index < -0.39 is 0 Å². The minimum Gasteiger partial charge on any atom is -0.368 e. The summed E-state index contributed by atoms with van der Waals surface area (Å²) in [5, 5.41) is 0.767. The summed E-state index contributed by atoms with van der Waals surface area (Å²) < 4.78 is 13.8. The molecule has 18 heavy (non-hydrogen) atoms. The number of anilines is 1. The molecule has 1 aliphatic heterocycles. The first kappa shape index (κ1) is 11.3. The highest BCUT2D eigenvalue weighted by atomic mass is 19.1. The van der Waals surface area contributed by atoms with Crippen LogP contribution in [0.4, 0.5) is 10.3 Å². The van der Waals surface area contributed by atoms with Gasteiger partial charge in [0.15, 0.2) is 0 Å². The molecule has 94 valence electrons. The molecule has 1 aromatic heterocycles. The van der Waals surface area contributed by atoms with Gasteiger partial charge in [-0.1, -0.05) is 12.1 Å². The maximum Gasteiger partial charge on any atom is 0.220 e. The molecule has 2 aromatic rings. The van der Waals surface area contributed by atoms with E-state index in [0.717, 1.165) is 30.5 Å². The number of halogens is 1. The highest BCUT2D eigenvalue weighted by molar-refractivity contribution is 5.82. The summed E-state index contributed by atoms with van der Waals surface area (Å²) in [7, 11) is 2.06. The smallest absolute Gasteiger partial charge is 0.220 e. The number of rotatable bonds is 1. The summed E-state index contributed by atoms with van der Waals surface area (Å²) in [5.41, 5.74) is 6.86. The number of benzene rings is 1. The molecule has 1 atom stereocenters. The fourth-order valence-corrected chi connectivity index (χ4v) is 2.67. The Bertz CT molecular complexity index is 599. The van der Waals surface area contributed by atoms with Crippen molar-refractivity contribution in [1.29, 1.82) is 0 Å². The highest BCUT2D eigenvalue weighted by Crippen LogP contribution is 2.33. The van der Waals surface area contributed by atoms with E-state index >= 15 is 0 Å². The van der Waals surface area contributed by atoms with Crippen molar-refractivity contribution < 1.29 is 4.39 Å². The fraction of sp³-hybridized carbons (Fsp3) is 0.385. The van der Waals surface area contributed by atoms with Gasteiger partial charge in [-0.05, 0) is 32.5 Å². The normalized spacial score (nSPS) is 20.7. The maximum atomic E-state index is 13.8. The monoisotopic (exact) mass is 246 g/mol. The number of aromatic nitrogens is 2. The predicted octanol–water partition coefficient (Wildman–Crippen LogP) is 2.12. The quantitative estimate of drug-likeness (QED) is 0.837. The minimum atomic E-state index is -0.344. The van der Waals surface area contributed by atoms with Crippen LogP contribution in [-0.4, -0.2) is 28.5 Å². The van der Waals surface area contributed by atoms with Gasteiger partial charge in [-0.2, -0.15) is 0 Å². The lowest BCUT2D eigenvalue weighted by atomic mass is 10.1. The van der Waals surface area contributed by atoms with E-state index in [9.17, 15) is 4.39 Å². The molecular weight excluding hydrogens is 231 g/mol. The fourth-order valence-electron chi connectivity index (χ4n) is 2.67. The Morgan fingerprint density at radius 1 is 1.39 bits per heavy atom. The van der Waals surface area contributed by atoms with Crippen LogP contribution in [0.25, 0.3) is 10.9 Å². The van der Waals surface area contributed by atoms with Gasteiger partial charge in [-0.3, -0.25) is 4.90 Å². The van der Waals surface area contributed by atoms with Crippen LogP contribution in [-0.2, 0) is 0 Å². The van der Waals surface area contributed by atoms with Gasteiger partial charge in [0.1, 0.15) is 11.3 Å². The first-order chi connectivity index (χ1) is 8.66. The largest absolute Gasteiger partial charge is 0.368 e. The number of nitrogen functional groups attached to an aromatic ring is 1. The summed E-state index contributed by atoms with van der Waals surface area (Å²) in [5.74, 6) is -0.202. The first-order valence-corrected chi connectivity index (χ1v) is 6.08. The van der Waals surface area contributed by atoms with Crippen molar-refractivity contribution in [3.63, 3.8) is 0 Å². The molecule has 0 spiro atoms. The molecule has 1 saturated heterocycles. The number of para-hydroxylation sites is 1. The van der Waals surface area contributed by atoms with Crippen LogP contribution < -0.4 is 5.73 Å². The second-order valence-corrected chi connectivity index (χ2v) is 4.74. The summed E-state index contributed by atoms with van der Waals surface area (Å²) in [6.07, 6.45) is 2.15. The summed E-state index contributed by atoms with van der Waals surface area (Å²) in [6.45, 7) is 1.03. The van der Waals surface area contributed by atoms with Gasteiger partial charge in [-0.25, -0.2) is 14.4 Å². The molecule has 2 heterocycles. The van der Waals surface area contributed by atoms with Gasteiger partial charge in [0.2, 0.25) is 5.95 Å². The zero-order chi connectivity index (χ0) is 12.7. The maximum absolute atomic E-state index is 13.8. The van der Waals surface area contributed by atoms with Crippen molar-refractivity contribution in [2.45, 2.75) is 18.9 Å². The summed E-state index contributed by atoms with van der Waals surface area (Å²) in [6, 6.07) is 5.16. The molecule has 0 saturated carbocycles. The average molecular weight is 246 g/mol. The van der Waals surface area contributed by atoms with Crippen molar-refractivity contribution >= 4 is 16.9 Å². The third kappa shape index (κ3) is 1.71. The molecule has 2 N–H and O–H groups in total. The first-order valence-electron chi connectivity index (χ1n) is 6.08. The predicted molar refractivity (Wildman–Crippen MR) is 68.5 cm³/mol. The molecule has 1 unspecified atom stereocenters. The number of likely N-dealkylation sites (tertiary alicyclic amines) is 1. The Kier molecular flexibility index (Phi) is 2.63. The molecule has 5 heteroatoms. The van der Waals surface area contributed by atoms with Gasteiger partial charge in [-0.15, -0.1) is 0 Å². The van der Waals surface area contributed by atoms with Crippen molar-refractivity contribution in [1.82, 2.24) is 14.9 Å². The second-order valence-electron chi connectivity index (χ2n) is 4.74. The molecule has 0 radical (unpaired) electrons. The SMILES string of the molecule is CN1CCCC1c1nc(N)nc2c(F)cccc12. The molecule has 0 aliphatic carbocycles. The second kappa shape index (κ2) is 4.17. The standard InChI is InChI=1S/C13H15FN4/c1-18-7-3-6-10(18)12-8-4-2-5-9(14)11(8)16-13(15)17-12/h2,4-5,10H,3,6-7H2,1H3,(H2,15,16,17). The van der Waals surface area contributed by atoms with Crippen LogP contribution in [0.5, 0.6) is 0 Å². The van der Waals surface area contributed by atoms with E-state index in [2.05, 4.69) is 21.9 Å². The van der Waals surface area contributed by atoms with E-state index in [4.69, 9.17) is 5.73 Å². The van der Waals surface area contributed by atoms with Crippen LogP contribution in [0.15, 0.2) is 18.2 Å². The topological polar surface area (TPSA) is 55.0 Å². The molecule has 1 aliphatic rings. The Labute approximate surface area is 105 Å². The highest BCUT2D eigenvalue weighted by Gasteiger charge is 2.26. The molecule has 3 rings (SSSR count). The zero-order valence-electron chi connectivity index (χ0n) is 10.2. The Morgan fingerprint density at radius 3 is 2.94 bits per heavy atom. The Morgan fingerprint density at radius 2 is 2.22 bits per heavy atom. The van der Waals surface area contributed by atoms with E-state index in [-0.39, 0.29) is 17.8 Å². The van der Waals surface area contributed by atoms with Crippen LogP contribution >= 0.6 is 0 Å². The van der Waals surface area contributed by atoms with Crippen LogP contribution in [0, 0.1) is 5.82 Å². The number of hydrogen-bond acceptors (Lipinski definition) is 4. The minimum absolute atomic E-state index is 0.142. The van der Waals surface area contributed by atoms with Gasteiger partial charge in [0, 0.05) is 5.39 Å². The Hall–Kier alpha value is -1.75. The van der Waals surface area contributed by atoms with E-state index in [1.54, 1.807) is 6.07 Å². The third-order valence-electron chi connectivity index (χ3n) is 3.56. The van der Waals surface area contributed by atoms with Gasteiger partial charge < -0.3 is 5.73 Å². The molecule has 1 fully saturated rings. The van der Waals surface area contributed by atoms with Gasteiger partial charge >= 0.3 is 0 Å².